The van der Waals surface area contributed by atoms with E-state index in [1.54, 1.807) is 24.3 Å². The molecule has 144 valence electrons. The van der Waals surface area contributed by atoms with Crippen LogP contribution in [0, 0.1) is 0 Å². The van der Waals surface area contributed by atoms with Gasteiger partial charge in [0.1, 0.15) is 13.2 Å². The Labute approximate surface area is 162 Å². The van der Waals surface area contributed by atoms with Crippen LogP contribution in [0.25, 0.3) is 0 Å². The number of sulfonamides is 1. The molecule has 0 fully saturated rings. The number of fused-ring (bicyclic) bond motifs is 1. The third kappa shape index (κ3) is 4.35. The monoisotopic (exact) mass is 410 g/mol. The number of ether oxygens (including phenoxy) is 2. The van der Waals surface area contributed by atoms with E-state index in [1.165, 1.54) is 26.2 Å². The van der Waals surface area contributed by atoms with E-state index in [2.05, 4.69) is 5.32 Å². The second-order valence-electron chi connectivity index (χ2n) is 6.14. The van der Waals surface area contributed by atoms with Gasteiger partial charge >= 0.3 is 0 Å². The summed E-state index contributed by atoms with van der Waals surface area (Å²) in [7, 11) is -0.675. The topological polar surface area (TPSA) is 84.9 Å². The molecule has 0 atom stereocenters. The summed E-state index contributed by atoms with van der Waals surface area (Å²) >= 11 is 6.18. The molecule has 1 heterocycles. The first-order valence-corrected chi connectivity index (χ1v) is 9.99. The summed E-state index contributed by atoms with van der Waals surface area (Å²) in [4.78, 5) is 12.5. The third-order valence-corrected chi connectivity index (χ3v) is 6.01. The van der Waals surface area contributed by atoms with Crippen molar-refractivity contribution in [3.05, 3.63) is 47.0 Å². The Kier molecular flexibility index (Phi) is 5.59. The summed E-state index contributed by atoms with van der Waals surface area (Å²) in [5, 5.41) is 3.09. The van der Waals surface area contributed by atoms with E-state index < -0.39 is 10.0 Å². The Bertz CT molecular complexity index is 976. The van der Waals surface area contributed by atoms with Gasteiger partial charge in [-0.05, 0) is 35.9 Å². The molecule has 1 aliphatic rings. The normalized spacial score (nSPS) is 13.5. The number of amides is 1. The predicted molar refractivity (Wildman–Crippen MR) is 102 cm³/mol. The molecule has 7 nitrogen and oxygen atoms in total. The molecule has 0 saturated carbocycles. The van der Waals surface area contributed by atoms with Crippen molar-refractivity contribution in [2.24, 2.45) is 0 Å². The Hall–Kier alpha value is -2.29. The number of nitrogens with one attached hydrogen (secondary N) is 1. The quantitative estimate of drug-likeness (QED) is 0.818. The number of benzene rings is 2. The first-order chi connectivity index (χ1) is 12.8. The van der Waals surface area contributed by atoms with Gasteiger partial charge in [0.05, 0.1) is 16.3 Å². The first kappa shape index (κ1) is 19.5. The van der Waals surface area contributed by atoms with Gasteiger partial charge in [-0.2, -0.15) is 0 Å². The van der Waals surface area contributed by atoms with Gasteiger partial charge in [-0.1, -0.05) is 17.7 Å². The van der Waals surface area contributed by atoms with Crippen LogP contribution in [0.2, 0.25) is 5.02 Å². The minimum Gasteiger partial charge on any atom is -0.486 e. The lowest BCUT2D eigenvalue weighted by Crippen LogP contribution is -2.22. The molecule has 2 aromatic rings. The second kappa shape index (κ2) is 7.75. The fourth-order valence-electron chi connectivity index (χ4n) is 2.60. The van der Waals surface area contributed by atoms with Crippen LogP contribution < -0.4 is 14.8 Å². The van der Waals surface area contributed by atoms with Gasteiger partial charge in [0, 0.05) is 19.8 Å². The predicted octanol–water partition coefficient (Wildman–Crippen LogP) is 2.54. The minimum absolute atomic E-state index is 0.0566. The Balaban J connectivity index is 1.74. The maximum absolute atomic E-state index is 12.4. The van der Waals surface area contributed by atoms with Crippen molar-refractivity contribution in [2.45, 2.75) is 11.3 Å². The lowest BCUT2D eigenvalue weighted by molar-refractivity contribution is -0.115. The van der Waals surface area contributed by atoms with E-state index in [0.717, 1.165) is 4.31 Å². The van der Waals surface area contributed by atoms with Gasteiger partial charge in [-0.15, -0.1) is 0 Å². The van der Waals surface area contributed by atoms with Crippen LogP contribution >= 0.6 is 11.6 Å². The molecular weight excluding hydrogens is 392 g/mol. The number of nitrogens with zero attached hydrogens (tertiary/aromatic N) is 1. The average Bonchev–Trinajstić information content (AvgIpc) is 2.61. The van der Waals surface area contributed by atoms with Crippen LogP contribution in [-0.2, 0) is 21.2 Å². The van der Waals surface area contributed by atoms with Crippen molar-refractivity contribution in [1.82, 2.24) is 4.31 Å². The first-order valence-electron chi connectivity index (χ1n) is 8.18. The zero-order chi connectivity index (χ0) is 19.6. The molecule has 0 saturated heterocycles. The number of rotatable bonds is 5. The van der Waals surface area contributed by atoms with E-state index >= 15 is 0 Å². The van der Waals surface area contributed by atoms with Gasteiger partial charge in [0.15, 0.2) is 11.5 Å². The number of halogens is 1. The molecule has 3 rings (SSSR count). The van der Waals surface area contributed by atoms with Crippen molar-refractivity contribution in [3.8, 4) is 11.5 Å². The molecule has 1 amide bonds. The smallest absolute Gasteiger partial charge is 0.242 e. The summed E-state index contributed by atoms with van der Waals surface area (Å²) in [5.41, 5.74) is 1.06. The number of anilines is 1. The molecule has 9 heteroatoms. The van der Waals surface area contributed by atoms with Crippen LogP contribution in [0.3, 0.4) is 0 Å². The Morgan fingerprint density at radius 2 is 1.93 bits per heavy atom. The molecule has 1 N–H and O–H groups in total. The maximum Gasteiger partial charge on any atom is 0.242 e. The molecule has 0 unspecified atom stereocenters. The summed E-state index contributed by atoms with van der Waals surface area (Å²) in [6, 6.07) is 9.47. The average molecular weight is 411 g/mol. The molecule has 0 bridgehead atoms. The van der Waals surface area contributed by atoms with Crippen LogP contribution in [0.15, 0.2) is 41.3 Å². The van der Waals surface area contributed by atoms with Crippen LogP contribution in [-0.4, -0.2) is 45.9 Å². The van der Waals surface area contributed by atoms with E-state index in [0.29, 0.717) is 41.0 Å². The summed E-state index contributed by atoms with van der Waals surface area (Å²) in [6.45, 7) is 0.852. The molecule has 0 aliphatic carbocycles. The molecule has 0 aromatic heterocycles. The van der Waals surface area contributed by atoms with Gasteiger partial charge in [0.25, 0.3) is 0 Å². The van der Waals surface area contributed by atoms with Crippen LogP contribution in [0.5, 0.6) is 11.5 Å². The van der Waals surface area contributed by atoms with Crippen LogP contribution in [0.4, 0.5) is 5.69 Å². The third-order valence-electron chi connectivity index (χ3n) is 3.92. The fraction of sp³-hybridized carbons (Fsp3) is 0.278. The zero-order valence-corrected chi connectivity index (χ0v) is 16.4. The van der Waals surface area contributed by atoms with Gasteiger partial charge in [-0.25, -0.2) is 12.7 Å². The lowest BCUT2D eigenvalue weighted by Gasteiger charge is -2.20. The fourth-order valence-corrected chi connectivity index (χ4v) is 3.84. The number of hydrogen-bond donors (Lipinski definition) is 1. The van der Waals surface area contributed by atoms with Crippen molar-refractivity contribution >= 4 is 33.2 Å². The summed E-state index contributed by atoms with van der Waals surface area (Å²) < 4.78 is 36.5. The second-order valence-corrected chi connectivity index (χ2v) is 8.70. The van der Waals surface area contributed by atoms with Crippen molar-refractivity contribution in [3.63, 3.8) is 0 Å². The summed E-state index contributed by atoms with van der Waals surface area (Å²) in [6.07, 6.45) is 0.0566. The van der Waals surface area contributed by atoms with Gasteiger partial charge in [-0.3, -0.25) is 4.79 Å². The standard InChI is InChI=1S/C18H19ClN2O5S/c1-21(2)27(23,24)14-5-3-4-13(11-14)20-17(22)10-12-8-15(19)18-16(9-12)25-6-7-26-18/h3-5,8-9,11H,6-7,10H2,1-2H3,(H,20,22). The van der Waals surface area contributed by atoms with Crippen molar-refractivity contribution < 1.29 is 22.7 Å². The summed E-state index contributed by atoms with van der Waals surface area (Å²) in [5.74, 6) is 0.687. The van der Waals surface area contributed by atoms with Crippen LogP contribution in [0.1, 0.15) is 5.56 Å². The molecule has 0 radical (unpaired) electrons. The van der Waals surface area contributed by atoms with Gasteiger partial charge in [0.2, 0.25) is 15.9 Å². The van der Waals surface area contributed by atoms with E-state index in [9.17, 15) is 13.2 Å². The maximum atomic E-state index is 12.4. The Morgan fingerprint density at radius 3 is 2.67 bits per heavy atom. The van der Waals surface area contributed by atoms with Crippen molar-refractivity contribution in [2.75, 3.05) is 32.6 Å². The zero-order valence-electron chi connectivity index (χ0n) is 14.9. The number of carbonyl (C=O) groups is 1. The molecule has 27 heavy (non-hydrogen) atoms. The molecule has 1 aliphatic heterocycles. The highest BCUT2D eigenvalue weighted by molar-refractivity contribution is 7.89. The minimum atomic E-state index is -3.58. The Morgan fingerprint density at radius 1 is 1.19 bits per heavy atom. The van der Waals surface area contributed by atoms with E-state index in [4.69, 9.17) is 21.1 Å². The SMILES string of the molecule is CN(C)S(=O)(=O)c1cccc(NC(=O)Cc2cc(Cl)c3c(c2)OCCO3)c1. The number of carbonyl (C=O) groups excluding carboxylic acids is 1. The van der Waals surface area contributed by atoms with E-state index in [1.807, 2.05) is 0 Å². The highest BCUT2D eigenvalue weighted by Gasteiger charge is 2.19. The highest BCUT2D eigenvalue weighted by Crippen LogP contribution is 2.38. The van der Waals surface area contributed by atoms with Gasteiger partial charge < -0.3 is 14.8 Å². The molecule has 2 aromatic carbocycles. The number of hydrogen-bond acceptors (Lipinski definition) is 5. The highest BCUT2D eigenvalue weighted by atomic mass is 35.5. The molecule has 0 spiro atoms. The lowest BCUT2D eigenvalue weighted by atomic mass is 10.1. The molecular formula is C18H19ClN2O5S. The van der Waals surface area contributed by atoms with Crippen molar-refractivity contribution in [1.29, 1.82) is 0 Å². The van der Waals surface area contributed by atoms with E-state index in [-0.39, 0.29) is 17.2 Å². The largest absolute Gasteiger partial charge is 0.486 e.